The first kappa shape index (κ1) is 14.3. The molecule has 2 bridgehead atoms. The molecule has 2 unspecified atom stereocenters. The van der Waals surface area contributed by atoms with E-state index < -0.39 is 16.6 Å². The fraction of sp³-hybridized carbons (Fsp3) is 0.667. The predicted octanol–water partition coefficient (Wildman–Crippen LogP) is 1.33. The maximum Gasteiger partial charge on any atom is 0.362 e. The summed E-state index contributed by atoms with van der Waals surface area (Å²) in [4.78, 5) is 24.5. The summed E-state index contributed by atoms with van der Waals surface area (Å²) in [5, 5.41) is 19.2. The molecule has 1 aromatic rings. The van der Waals surface area contributed by atoms with Crippen LogP contribution in [0.4, 0.5) is 5.82 Å². The lowest BCUT2D eigenvalue weighted by molar-refractivity contribution is -0.389. The van der Waals surface area contributed by atoms with Gasteiger partial charge in [-0.15, -0.1) is 5.10 Å². The first-order valence-electron chi connectivity index (χ1n) is 6.88. The van der Waals surface area contributed by atoms with Gasteiger partial charge in [-0.1, -0.05) is 16.7 Å². The molecule has 0 aromatic carbocycles. The van der Waals surface area contributed by atoms with Gasteiger partial charge in [0.25, 0.3) is 5.91 Å². The number of hydrogen-bond donors (Lipinski definition) is 2. The lowest BCUT2D eigenvalue weighted by Gasteiger charge is -2.36. The van der Waals surface area contributed by atoms with E-state index in [4.69, 9.17) is 11.6 Å². The van der Waals surface area contributed by atoms with Crippen LogP contribution < -0.4 is 5.32 Å². The fourth-order valence-electron chi connectivity index (χ4n) is 3.37. The quantitative estimate of drug-likeness (QED) is 0.647. The highest BCUT2D eigenvalue weighted by Gasteiger charge is 2.39. The molecule has 3 heterocycles. The average molecular weight is 314 g/mol. The maximum atomic E-state index is 12.2. The molecular weight excluding hydrogens is 298 g/mol. The number of rotatable bonds is 3. The Morgan fingerprint density at radius 2 is 2.10 bits per heavy atom. The molecule has 0 saturated carbocycles. The Morgan fingerprint density at radius 3 is 2.62 bits per heavy atom. The number of carbonyl (C=O) groups excluding carboxylic acids is 1. The van der Waals surface area contributed by atoms with Crippen LogP contribution in [0.5, 0.6) is 0 Å². The SMILES string of the molecule is CN1C2CCC1CC(NC(=O)c1n[nH]c([N+](=O)[O-])c1Cl)C2. The predicted molar refractivity (Wildman–Crippen MR) is 75.3 cm³/mol. The van der Waals surface area contributed by atoms with Crippen molar-refractivity contribution in [1.82, 2.24) is 20.4 Å². The molecule has 0 radical (unpaired) electrons. The van der Waals surface area contributed by atoms with Crippen LogP contribution >= 0.6 is 11.6 Å². The second-order valence-electron chi connectivity index (χ2n) is 5.68. The minimum Gasteiger partial charge on any atom is -0.358 e. The van der Waals surface area contributed by atoms with Gasteiger partial charge in [0.05, 0.1) is 0 Å². The lowest BCUT2D eigenvalue weighted by atomic mass is 9.98. The Balaban J connectivity index is 1.69. The van der Waals surface area contributed by atoms with Crippen molar-refractivity contribution in [3.05, 3.63) is 20.8 Å². The topological polar surface area (TPSA) is 104 Å². The van der Waals surface area contributed by atoms with Crippen molar-refractivity contribution >= 4 is 23.3 Å². The molecule has 2 saturated heterocycles. The number of halogens is 1. The van der Waals surface area contributed by atoms with Crippen LogP contribution in [0.1, 0.15) is 36.2 Å². The van der Waals surface area contributed by atoms with Crippen molar-refractivity contribution in [2.24, 2.45) is 0 Å². The van der Waals surface area contributed by atoms with Gasteiger partial charge < -0.3 is 20.3 Å². The molecule has 2 fully saturated rings. The van der Waals surface area contributed by atoms with E-state index >= 15 is 0 Å². The molecule has 1 amide bonds. The summed E-state index contributed by atoms with van der Waals surface area (Å²) in [5.41, 5.74) is -0.116. The van der Waals surface area contributed by atoms with Crippen LogP contribution in [0.25, 0.3) is 0 Å². The first-order valence-corrected chi connectivity index (χ1v) is 7.26. The molecule has 2 N–H and O–H groups in total. The van der Waals surface area contributed by atoms with Gasteiger partial charge in [-0.3, -0.25) is 4.79 Å². The Kier molecular flexibility index (Phi) is 3.58. The molecule has 3 rings (SSSR count). The van der Waals surface area contributed by atoms with Crippen LogP contribution in [0, 0.1) is 10.1 Å². The van der Waals surface area contributed by atoms with Gasteiger partial charge in [0.1, 0.15) is 0 Å². The van der Waals surface area contributed by atoms with Gasteiger partial charge in [-0.05, 0) is 37.7 Å². The smallest absolute Gasteiger partial charge is 0.358 e. The van der Waals surface area contributed by atoms with Crippen molar-refractivity contribution < 1.29 is 9.72 Å². The number of amides is 1. The molecule has 2 aliphatic rings. The molecule has 9 heteroatoms. The summed E-state index contributed by atoms with van der Waals surface area (Å²) in [6.07, 6.45) is 4.09. The first-order chi connectivity index (χ1) is 9.97. The molecule has 2 atom stereocenters. The third kappa shape index (κ3) is 2.49. The highest BCUT2D eigenvalue weighted by molar-refractivity contribution is 6.35. The van der Waals surface area contributed by atoms with Gasteiger partial charge in [-0.2, -0.15) is 0 Å². The third-order valence-corrected chi connectivity index (χ3v) is 4.88. The number of aromatic amines is 1. The monoisotopic (exact) mass is 313 g/mol. The summed E-state index contributed by atoms with van der Waals surface area (Å²) >= 11 is 5.82. The van der Waals surface area contributed by atoms with E-state index in [0.717, 1.165) is 25.7 Å². The maximum absolute atomic E-state index is 12.2. The molecule has 1 aromatic heterocycles. The molecule has 0 spiro atoms. The zero-order valence-electron chi connectivity index (χ0n) is 11.5. The van der Waals surface area contributed by atoms with Gasteiger partial charge in [0.15, 0.2) is 10.7 Å². The molecule has 114 valence electrons. The highest BCUT2D eigenvalue weighted by Crippen LogP contribution is 2.34. The van der Waals surface area contributed by atoms with Gasteiger partial charge in [-0.25, -0.2) is 0 Å². The van der Waals surface area contributed by atoms with Gasteiger partial charge >= 0.3 is 5.82 Å². The minimum absolute atomic E-state index is 0.0676. The van der Waals surface area contributed by atoms with E-state index in [1.807, 2.05) is 0 Å². The Morgan fingerprint density at radius 1 is 1.48 bits per heavy atom. The van der Waals surface area contributed by atoms with E-state index in [2.05, 4.69) is 27.5 Å². The molecule has 2 aliphatic heterocycles. The zero-order valence-corrected chi connectivity index (χ0v) is 12.3. The van der Waals surface area contributed by atoms with Crippen molar-refractivity contribution in [3.8, 4) is 0 Å². The van der Waals surface area contributed by atoms with Crippen LogP contribution in [0.2, 0.25) is 5.02 Å². The van der Waals surface area contributed by atoms with E-state index in [9.17, 15) is 14.9 Å². The molecule has 8 nitrogen and oxygen atoms in total. The van der Waals surface area contributed by atoms with Gasteiger partial charge in [0, 0.05) is 18.1 Å². The molecule has 0 aliphatic carbocycles. The number of nitro groups is 1. The van der Waals surface area contributed by atoms with E-state index in [1.54, 1.807) is 0 Å². The summed E-state index contributed by atoms with van der Waals surface area (Å²) < 4.78 is 0. The average Bonchev–Trinajstić information content (AvgIpc) is 2.87. The summed E-state index contributed by atoms with van der Waals surface area (Å²) in [7, 11) is 2.12. The second-order valence-corrected chi connectivity index (χ2v) is 6.06. The summed E-state index contributed by atoms with van der Waals surface area (Å²) in [5.74, 6) is -0.913. The summed E-state index contributed by atoms with van der Waals surface area (Å²) in [6, 6.07) is 1.06. The minimum atomic E-state index is -0.693. The van der Waals surface area contributed by atoms with Crippen LogP contribution in [0.15, 0.2) is 0 Å². The number of aromatic nitrogens is 2. The zero-order chi connectivity index (χ0) is 15.1. The van der Waals surface area contributed by atoms with E-state index in [0.29, 0.717) is 12.1 Å². The van der Waals surface area contributed by atoms with Gasteiger partial charge in [0.2, 0.25) is 0 Å². The number of fused-ring (bicyclic) bond motifs is 2. The molecular formula is C12H16ClN5O3. The van der Waals surface area contributed by atoms with Crippen LogP contribution in [-0.4, -0.2) is 51.1 Å². The van der Waals surface area contributed by atoms with E-state index in [1.165, 1.54) is 0 Å². The Bertz CT molecular complexity index is 575. The second kappa shape index (κ2) is 5.27. The fourth-order valence-corrected chi connectivity index (χ4v) is 3.61. The normalized spacial score (nSPS) is 28.6. The van der Waals surface area contributed by atoms with Crippen LogP contribution in [0.3, 0.4) is 0 Å². The number of H-pyrrole nitrogens is 1. The number of nitrogens with one attached hydrogen (secondary N) is 2. The lowest BCUT2D eigenvalue weighted by Crippen LogP contribution is -2.48. The number of hydrogen-bond acceptors (Lipinski definition) is 5. The largest absolute Gasteiger partial charge is 0.362 e. The number of nitrogens with zero attached hydrogens (tertiary/aromatic N) is 3. The Hall–Kier alpha value is -1.67. The number of piperidine rings is 1. The molecule has 21 heavy (non-hydrogen) atoms. The Labute approximate surface area is 126 Å². The number of carbonyl (C=O) groups is 1. The van der Waals surface area contributed by atoms with Crippen molar-refractivity contribution in [3.63, 3.8) is 0 Å². The summed E-state index contributed by atoms with van der Waals surface area (Å²) in [6.45, 7) is 0. The van der Waals surface area contributed by atoms with Crippen molar-refractivity contribution in [2.75, 3.05) is 7.05 Å². The highest BCUT2D eigenvalue weighted by atomic mass is 35.5. The van der Waals surface area contributed by atoms with Crippen molar-refractivity contribution in [1.29, 1.82) is 0 Å². The van der Waals surface area contributed by atoms with Crippen molar-refractivity contribution in [2.45, 2.75) is 43.8 Å². The third-order valence-electron chi connectivity index (χ3n) is 4.52. The van der Waals surface area contributed by atoms with E-state index in [-0.39, 0.29) is 16.8 Å². The van der Waals surface area contributed by atoms with Crippen LogP contribution in [-0.2, 0) is 0 Å². The standard InChI is InChI=1S/C12H16ClN5O3/c1-17-7-2-3-8(17)5-6(4-7)14-12(19)10-9(13)11(16-15-10)18(20)21/h6-8H,2-5H2,1H3,(H,14,19)(H,15,16).